The molecular weight excluding hydrogens is 322 g/mol. The van der Waals surface area contributed by atoms with Gasteiger partial charge in [0.25, 0.3) is 5.91 Å². The van der Waals surface area contributed by atoms with Crippen LogP contribution in [0.4, 0.5) is 10.8 Å². The highest BCUT2D eigenvalue weighted by atomic mass is 32.1. The number of benzene rings is 1. The first-order chi connectivity index (χ1) is 11.1. The molecule has 0 atom stereocenters. The summed E-state index contributed by atoms with van der Waals surface area (Å²) in [5, 5.41) is 6.23. The first kappa shape index (κ1) is 18.1. The lowest BCUT2D eigenvalue weighted by atomic mass is 9.92. The van der Waals surface area contributed by atoms with Crippen LogP contribution in [0, 0.1) is 19.3 Å². The number of aromatic nitrogens is 1. The lowest BCUT2D eigenvalue weighted by Gasteiger charge is -2.17. The van der Waals surface area contributed by atoms with E-state index in [0.717, 1.165) is 10.6 Å². The minimum Gasteiger partial charge on any atom is -0.326 e. The van der Waals surface area contributed by atoms with Gasteiger partial charge < -0.3 is 5.32 Å². The molecule has 0 saturated carbocycles. The van der Waals surface area contributed by atoms with Crippen molar-refractivity contribution in [2.24, 2.45) is 5.41 Å². The number of anilines is 2. The van der Waals surface area contributed by atoms with Crippen molar-refractivity contribution in [3.8, 4) is 0 Å². The van der Waals surface area contributed by atoms with Crippen LogP contribution in [0.15, 0.2) is 24.3 Å². The Balaban J connectivity index is 1.98. The molecule has 1 aromatic heterocycles. The molecule has 1 aromatic carbocycles. The Kier molecular flexibility index (Phi) is 5.39. The number of hydrogen-bond donors (Lipinski definition) is 2. The lowest BCUT2D eigenvalue weighted by molar-refractivity contribution is -0.117. The quantitative estimate of drug-likeness (QED) is 0.863. The summed E-state index contributed by atoms with van der Waals surface area (Å²) in [7, 11) is 0. The maximum Gasteiger partial charge on any atom is 0.257 e. The summed E-state index contributed by atoms with van der Waals surface area (Å²) in [6, 6.07) is 6.84. The molecule has 0 fully saturated rings. The molecule has 5 nitrogen and oxygen atoms in total. The number of thiazole rings is 1. The van der Waals surface area contributed by atoms with E-state index in [4.69, 9.17) is 0 Å². The van der Waals surface area contributed by atoms with Crippen LogP contribution in [0.3, 0.4) is 0 Å². The second kappa shape index (κ2) is 7.13. The number of nitrogens with one attached hydrogen (secondary N) is 2. The average Bonchev–Trinajstić information content (AvgIpc) is 2.75. The van der Waals surface area contributed by atoms with E-state index in [1.807, 2.05) is 34.6 Å². The summed E-state index contributed by atoms with van der Waals surface area (Å²) in [5.41, 5.74) is 2.07. The predicted octanol–water partition coefficient (Wildman–Crippen LogP) is 4.39. The molecule has 24 heavy (non-hydrogen) atoms. The largest absolute Gasteiger partial charge is 0.326 e. The molecule has 0 saturated heterocycles. The van der Waals surface area contributed by atoms with Crippen molar-refractivity contribution in [2.75, 3.05) is 10.6 Å². The highest BCUT2D eigenvalue weighted by Gasteiger charge is 2.16. The molecule has 0 unspecified atom stereocenters. The molecule has 0 spiro atoms. The zero-order valence-electron chi connectivity index (χ0n) is 14.7. The van der Waals surface area contributed by atoms with Gasteiger partial charge in [-0.2, -0.15) is 0 Å². The van der Waals surface area contributed by atoms with Crippen molar-refractivity contribution < 1.29 is 9.59 Å². The smallest absolute Gasteiger partial charge is 0.257 e. The average molecular weight is 345 g/mol. The van der Waals surface area contributed by atoms with Crippen LogP contribution in [0.5, 0.6) is 0 Å². The standard InChI is InChI=1S/C18H23N3O2S/c1-11-12(2)24-17(19-11)21-16(23)13-6-8-14(9-7-13)20-15(22)10-18(3,4)5/h6-9H,10H2,1-5H3,(H,20,22)(H,19,21,23). The number of nitrogens with zero attached hydrogens (tertiary/aromatic N) is 1. The molecule has 2 aromatic rings. The van der Waals surface area contributed by atoms with Gasteiger partial charge in [-0.15, -0.1) is 11.3 Å². The fourth-order valence-electron chi connectivity index (χ4n) is 2.09. The van der Waals surface area contributed by atoms with Crippen LogP contribution in [-0.4, -0.2) is 16.8 Å². The molecule has 6 heteroatoms. The third-order valence-corrected chi connectivity index (χ3v) is 4.36. The van der Waals surface area contributed by atoms with E-state index < -0.39 is 0 Å². The maximum absolute atomic E-state index is 12.2. The molecule has 0 aliphatic heterocycles. The minimum atomic E-state index is -0.212. The van der Waals surface area contributed by atoms with E-state index in [9.17, 15) is 9.59 Å². The van der Waals surface area contributed by atoms with Gasteiger partial charge >= 0.3 is 0 Å². The van der Waals surface area contributed by atoms with Crippen LogP contribution in [0.1, 0.15) is 48.1 Å². The van der Waals surface area contributed by atoms with E-state index in [0.29, 0.717) is 22.8 Å². The topological polar surface area (TPSA) is 71.1 Å². The Morgan fingerprint density at radius 2 is 1.71 bits per heavy atom. The number of rotatable bonds is 4. The Hall–Kier alpha value is -2.21. The van der Waals surface area contributed by atoms with Crippen molar-refractivity contribution in [3.05, 3.63) is 40.4 Å². The third-order valence-electron chi connectivity index (χ3n) is 3.37. The predicted molar refractivity (Wildman–Crippen MR) is 98.7 cm³/mol. The molecule has 0 aliphatic rings. The summed E-state index contributed by atoms with van der Waals surface area (Å²) in [4.78, 5) is 29.5. The van der Waals surface area contributed by atoms with Crippen molar-refractivity contribution in [1.82, 2.24) is 4.98 Å². The van der Waals surface area contributed by atoms with E-state index in [2.05, 4.69) is 15.6 Å². The number of amides is 2. The van der Waals surface area contributed by atoms with Gasteiger partial charge in [-0.3, -0.25) is 14.9 Å². The SMILES string of the molecule is Cc1nc(NC(=O)c2ccc(NC(=O)CC(C)(C)C)cc2)sc1C. The summed E-state index contributed by atoms with van der Waals surface area (Å²) >= 11 is 1.45. The molecule has 2 amide bonds. The van der Waals surface area contributed by atoms with Crippen molar-refractivity contribution >= 4 is 34.0 Å². The molecule has 2 rings (SSSR count). The van der Waals surface area contributed by atoms with Crippen LogP contribution in [0.25, 0.3) is 0 Å². The number of aryl methyl sites for hydroxylation is 2. The lowest BCUT2D eigenvalue weighted by Crippen LogP contribution is -2.19. The highest BCUT2D eigenvalue weighted by molar-refractivity contribution is 7.15. The zero-order valence-corrected chi connectivity index (χ0v) is 15.5. The normalized spacial score (nSPS) is 11.2. The zero-order chi connectivity index (χ0) is 17.9. The van der Waals surface area contributed by atoms with Gasteiger partial charge in [0.2, 0.25) is 5.91 Å². The van der Waals surface area contributed by atoms with Crippen LogP contribution < -0.4 is 10.6 Å². The number of carbonyl (C=O) groups is 2. The van der Waals surface area contributed by atoms with E-state index in [1.165, 1.54) is 11.3 Å². The molecule has 0 radical (unpaired) electrons. The van der Waals surface area contributed by atoms with Crippen LogP contribution in [0.2, 0.25) is 0 Å². The summed E-state index contributed by atoms with van der Waals surface area (Å²) < 4.78 is 0. The fraction of sp³-hybridized carbons (Fsp3) is 0.389. The van der Waals surface area contributed by atoms with Gasteiger partial charge in [0.15, 0.2) is 5.13 Å². The molecule has 0 aliphatic carbocycles. The Labute approximate surface area is 146 Å². The van der Waals surface area contributed by atoms with Gasteiger partial charge in [-0.1, -0.05) is 20.8 Å². The molecule has 0 bridgehead atoms. The number of carbonyl (C=O) groups excluding carboxylic acids is 2. The third kappa shape index (κ3) is 5.16. The molecule has 1 heterocycles. The second-order valence-corrected chi connectivity index (χ2v) is 8.18. The van der Waals surface area contributed by atoms with Gasteiger partial charge in [0.05, 0.1) is 5.69 Å². The minimum absolute atomic E-state index is 0.0339. The first-order valence-electron chi connectivity index (χ1n) is 7.79. The monoisotopic (exact) mass is 345 g/mol. The van der Waals surface area contributed by atoms with Crippen molar-refractivity contribution in [2.45, 2.75) is 41.0 Å². The second-order valence-electron chi connectivity index (χ2n) is 6.98. The Bertz CT molecular complexity index is 723. The highest BCUT2D eigenvalue weighted by Crippen LogP contribution is 2.22. The van der Waals surface area contributed by atoms with E-state index in [1.54, 1.807) is 24.3 Å². The number of hydrogen-bond acceptors (Lipinski definition) is 4. The van der Waals surface area contributed by atoms with Crippen molar-refractivity contribution in [3.63, 3.8) is 0 Å². The fourth-order valence-corrected chi connectivity index (χ4v) is 2.90. The van der Waals surface area contributed by atoms with E-state index >= 15 is 0 Å². The van der Waals surface area contributed by atoms with Crippen molar-refractivity contribution in [1.29, 1.82) is 0 Å². The Morgan fingerprint density at radius 1 is 1.08 bits per heavy atom. The summed E-state index contributed by atoms with van der Waals surface area (Å²) in [6.45, 7) is 9.93. The van der Waals surface area contributed by atoms with Gasteiger partial charge in [0, 0.05) is 22.5 Å². The summed E-state index contributed by atoms with van der Waals surface area (Å²) in [5.74, 6) is -0.246. The van der Waals surface area contributed by atoms with Crippen LogP contribution >= 0.6 is 11.3 Å². The van der Waals surface area contributed by atoms with E-state index in [-0.39, 0.29) is 17.2 Å². The van der Waals surface area contributed by atoms with Crippen LogP contribution in [-0.2, 0) is 4.79 Å². The Morgan fingerprint density at radius 3 is 2.21 bits per heavy atom. The molecular formula is C18H23N3O2S. The van der Waals surface area contributed by atoms with Gasteiger partial charge in [0.1, 0.15) is 0 Å². The van der Waals surface area contributed by atoms with Gasteiger partial charge in [-0.05, 0) is 43.5 Å². The maximum atomic E-state index is 12.2. The first-order valence-corrected chi connectivity index (χ1v) is 8.61. The van der Waals surface area contributed by atoms with Gasteiger partial charge in [-0.25, -0.2) is 4.98 Å². The molecule has 128 valence electrons. The summed E-state index contributed by atoms with van der Waals surface area (Å²) in [6.07, 6.45) is 0.442. The molecule has 2 N–H and O–H groups in total.